The van der Waals surface area contributed by atoms with E-state index in [0.29, 0.717) is 5.58 Å². The number of fused-ring (bicyclic) bond motifs is 1. The van der Waals surface area contributed by atoms with E-state index >= 15 is 0 Å². The molecule has 3 aromatic rings. The van der Waals surface area contributed by atoms with Gasteiger partial charge in [0.15, 0.2) is 5.76 Å². The summed E-state index contributed by atoms with van der Waals surface area (Å²) in [6.45, 7) is 3.74. The first-order valence-electron chi connectivity index (χ1n) is 9.97. The standard InChI is InChI=1S/C24H21N3O5/c1-3-26-22(29)18(23(30)27(4-2)24(26)31)12-7-5-6-11-17(15-25)21(28)20-14-16-10-8-9-13-19(16)32-20/h5-14,29H,3-4H2,1-2H3/b6-5+,12-7+,17-11+. The minimum absolute atomic E-state index is 0.0270. The van der Waals surface area contributed by atoms with Crippen LogP contribution in [0.25, 0.3) is 17.0 Å². The first kappa shape index (κ1) is 22.3. The summed E-state index contributed by atoms with van der Waals surface area (Å²) in [6, 6.07) is 10.6. The van der Waals surface area contributed by atoms with E-state index < -0.39 is 22.9 Å². The zero-order valence-electron chi connectivity index (χ0n) is 17.6. The van der Waals surface area contributed by atoms with Crippen LogP contribution in [-0.2, 0) is 13.1 Å². The number of hydrogen-bond donors (Lipinski definition) is 1. The number of aromatic nitrogens is 2. The fourth-order valence-electron chi connectivity index (χ4n) is 3.18. The third kappa shape index (κ3) is 4.23. The predicted octanol–water partition coefficient (Wildman–Crippen LogP) is 3.40. The lowest BCUT2D eigenvalue weighted by molar-refractivity contribution is 0.101. The number of carbonyl (C=O) groups is 1. The Kier molecular flexibility index (Phi) is 6.71. The van der Waals surface area contributed by atoms with Crippen LogP contribution in [0.3, 0.4) is 0 Å². The van der Waals surface area contributed by atoms with Gasteiger partial charge in [0.05, 0.1) is 0 Å². The van der Waals surface area contributed by atoms with Gasteiger partial charge in [-0.05, 0) is 38.1 Å². The summed E-state index contributed by atoms with van der Waals surface area (Å²) < 4.78 is 7.64. The minimum Gasteiger partial charge on any atom is -0.494 e. The van der Waals surface area contributed by atoms with Gasteiger partial charge >= 0.3 is 5.69 Å². The van der Waals surface area contributed by atoms with Crippen LogP contribution in [0.15, 0.2) is 74.2 Å². The SMILES string of the molecule is CCn1c(O)c(/C=C/C=C/C=C(\C#N)C(=O)c2cc3ccccc3o2)c(=O)n(CC)c1=O. The van der Waals surface area contributed by atoms with Crippen LogP contribution in [0, 0.1) is 11.3 Å². The number of carbonyl (C=O) groups excluding carboxylic acids is 1. The Bertz CT molecular complexity index is 1390. The number of para-hydroxylation sites is 1. The molecule has 0 saturated carbocycles. The van der Waals surface area contributed by atoms with Crippen molar-refractivity contribution < 1.29 is 14.3 Å². The zero-order chi connectivity index (χ0) is 23.3. The van der Waals surface area contributed by atoms with E-state index in [2.05, 4.69) is 0 Å². The molecule has 32 heavy (non-hydrogen) atoms. The third-order valence-electron chi connectivity index (χ3n) is 4.83. The average molecular weight is 431 g/mol. The zero-order valence-corrected chi connectivity index (χ0v) is 17.6. The highest BCUT2D eigenvalue weighted by Gasteiger charge is 2.17. The number of allylic oxidation sites excluding steroid dienone is 5. The number of rotatable bonds is 7. The van der Waals surface area contributed by atoms with Crippen molar-refractivity contribution in [1.82, 2.24) is 9.13 Å². The molecule has 3 rings (SSSR count). The lowest BCUT2D eigenvalue weighted by Gasteiger charge is -2.11. The summed E-state index contributed by atoms with van der Waals surface area (Å²) in [5.41, 5.74) is -0.767. The van der Waals surface area contributed by atoms with Crippen molar-refractivity contribution in [3.63, 3.8) is 0 Å². The molecule has 0 atom stereocenters. The molecule has 8 nitrogen and oxygen atoms in total. The summed E-state index contributed by atoms with van der Waals surface area (Å²) >= 11 is 0. The van der Waals surface area contributed by atoms with Crippen LogP contribution >= 0.6 is 0 Å². The van der Waals surface area contributed by atoms with Gasteiger partial charge < -0.3 is 9.52 Å². The van der Waals surface area contributed by atoms with Gasteiger partial charge in [-0.3, -0.25) is 18.7 Å². The topological polar surface area (TPSA) is 118 Å². The van der Waals surface area contributed by atoms with E-state index in [-0.39, 0.29) is 30.0 Å². The number of Topliss-reactive ketones (excluding diaryl/α,β-unsaturated/α-hetero) is 1. The van der Waals surface area contributed by atoms with Crippen molar-refractivity contribution in [3.05, 3.63) is 92.4 Å². The molecule has 0 unspecified atom stereocenters. The van der Waals surface area contributed by atoms with Crippen LogP contribution in [0.1, 0.15) is 30.0 Å². The van der Waals surface area contributed by atoms with E-state index in [0.717, 1.165) is 14.5 Å². The fraction of sp³-hybridized carbons (Fsp3) is 0.167. The average Bonchev–Trinajstić information content (AvgIpc) is 3.23. The molecule has 2 heterocycles. The van der Waals surface area contributed by atoms with Gasteiger partial charge in [0, 0.05) is 18.5 Å². The van der Waals surface area contributed by atoms with Gasteiger partial charge in [-0.2, -0.15) is 5.26 Å². The van der Waals surface area contributed by atoms with Gasteiger partial charge in [0.25, 0.3) is 5.56 Å². The summed E-state index contributed by atoms with van der Waals surface area (Å²) in [7, 11) is 0. The van der Waals surface area contributed by atoms with E-state index in [1.807, 2.05) is 12.1 Å². The normalized spacial score (nSPS) is 12.1. The van der Waals surface area contributed by atoms with Gasteiger partial charge in [-0.15, -0.1) is 0 Å². The first-order valence-corrected chi connectivity index (χ1v) is 9.97. The number of nitriles is 1. The maximum Gasteiger partial charge on any atom is 0.333 e. The number of hydrogen-bond acceptors (Lipinski definition) is 6. The highest BCUT2D eigenvalue weighted by atomic mass is 16.3. The smallest absolute Gasteiger partial charge is 0.333 e. The maximum absolute atomic E-state index is 12.5. The van der Waals surface area contributed by atoms with Gasteiger partial charge in [-0.1, -0.05) is 36.4 Å². The largest absolute Gasteiger partial charge is 0.494 e. The predicted molar refractivity (Wildman–Crippen MR) is 120 cm³/mol. The number of nitrogens with zero attached hydrogens (tertiary/aromatic N) is 3. The number of benzene rings is 1. The number of aromatic hydroxyl groups is 1. The number of furan rings is 1. The van der Waals surface area contributed by atoms with Crippen molar-refractivity contribution in [2.24, 2.45) is 0 Å². The summed E-state index contributed by atoms with van der Waals surface area (Å²) in [5.74, 6) is -0.893. The lowest BCUT2D eigenvalue weighted by atomic mass is 10.1. The molecule has 0 bridgehead atoms. The second kappa shape index (κ2) is 9.62. The molecule has 0 amide bonds. The van der Waals surface area contributed by atoms with Crippen LogP contribution in [0.4, 0.5) is 0 Å². The number of ketones is 1. The van der Waals surface area contributed by atoms with E-state index in [9.17, 15) is 24.8 Å². The second-order valence-electron chi connectivity index (χ2n) is 6.73. The van der Waals surface area contributed by atoms with Crippen molar-refractivity contribution in [2.75, 3.05) is 0 Å². The molecule has 1 N–H and O–H groups in total. The molecule has 8 heteroatoms. The fourth-order valence-corrected chi connectivity index (χ4v) is 3.18. The van der Waals surface area contributed by atoms with Crippen LogP contribution in [0.5, 0.6) is 5.88 Å². The molecule has 2 aromatic heterocycles. The van der Waals surface area contributed by atoms with E-state index in [4.69, 9.17) is 4.42 Å². The molecule has 0 saturated heterocycles. The minimum atomic E-state index is -0.599. The molecule has 0 aliphatic rings. The molecular weight excluding hydrogens is 410 g/mol. The molecule has 1 aromatic carbocycles. The van der Waals surface area contributed by atoms with Gasteiger partial charge in [-0.25, -0.2) is 4.79 Å². The van der Waals surface area contributed by atoms with Crippen LogP contribution in [-0.4, -0.2) is 20.0 Å². The second-order valence-corrected chi connectivity index (χ2v) is 6.73. The highest BCUT2D eigenvalue weighted by Crippen LogP contribution is 2.21. The Morgan fingerprint density at radius 1 is 1.12 bits per heavy atom. The third-order valence-corrected chi connectivity index (χ3v) is 4.83. The van der Waals surface area contributed by atoms with E-state index in [1.54, 1.807) is 38.1 Å². The molecule has 0 aliphatic carbocycles. The summed E-state index contributed by atoms with van der Waals surface area (Å²) in [5, 5.41) is 20.4. The molecule has 0 aliphatic heterocycles. The maximum atomic E-state index is 12.5. The van der Waals surface area contributed by atoms with Crippen molar-refractivity contribution in [3.8, 4) is 11.9 Å². The first-order chi connectivity index (χ1) is 15.4. The molecular formula is C24H21N3O5. The Balaban J connectivity index is 1.85. The van der Waals surface area contributed by atoms with Crippen molar-refractivity contribution >= 4 is 22.8 Å². The monoisotopic (exact) mass is 431 g/mol. The van der Waals surface area contributed by atoms with E-state index in [1.165, 1.54) is 30.4 Å². The van der Waals surface area contributed by atoms with Crippen LogP contribution < -0.4 is 11.2 Å². The quantitative estimate of drug-likeness (QED) is 0.265. The summed E-state index contributed by atoms with van der Waals surface area (Å²) in [6.07, 6.45) is 7.13. The van der Waals surface area contributed by atoms with Gasteiger partial charge in [0.1, 0.15) is 22.8 Å². The van der Waals surface area contributed by atoms with Gasteiger partial charge in [0.2, 0.25) is 11.7 Å². The Hall–Kier alpha value is -4.38. The van der Waals surface area contributed by atoms with Crippen LogP contribution in [0.2, 0.25) is 0 Å². The molecule has 0 radical (unpaired) electrons. The molecule has 0 spiro atoms. The highest BCUT2D eigenvalue weighted by molar-refractivity contribution is 6.11. The Labute approximate surface area is 183 Å². The Morgan fingerprint density at radius 2 is 1.84 bits per heavy atom. The molecule has 162 valence electrons. The van der Waals surface area contributed by atoms with Crippen molar-refractivity contribution in [2.45, 2.75) is 26.9 Å². The Morgan fingerprint density at radius 3 is 2.50 bits per heavy atom. The molecule has 0 fully saturated rings. The summed E-state index contributed by atoms with van der Waals surface area (Å²) in [4.78, 5) is 37.2. The van der Waals surface area contributed by atoms with Crippen molar-refractivity contribution in [1.29, 1.82) is 5.26 Å². The lowest BCUT2D eigenvalue weighted by Crippen LogP contribution is -2.40.